The van der Waals surface area contributed by atoms with Gasteiger partial charge in [-0.15, -0.1) is 0 Å². The molecule has 0 radical (unpaired) electrons. The Morgan fingerprint density at radius 3 is 3.00 bits per heavy atom. The summed E-state index contributed by atoms with van der Waals surface area (Å²) in [6.07, 6.45) is 2.09. The van der Waals surface area contributed by atoms with Gasteiger partial charge in [-0.05, 0) is 31.0 Å². The summed E-state index contributed by atoms with van der Waals surface area (Å²) in [5.74, 6) is -0.557. The Morgan fingerprint density at radius 2 is 2.30 bits per heavy atom. The summed E-state index contributed by atoms with van der Waals surface area (Å²) in [4.78, 5) is 15.1. The average molecular weight is 278 g/mol. The van der Waals surface area contributed by atoms with E-state index in [1.807, 2.05) is 0 Å². The minimum atomic E-state index is -1.26. The molecule has 1 N–H and O–H groups in total. The van der Waals surface area contributed by atoms with Gasteiger partial charge in [0, 0.05) is 5.92 Å². The van der Waals surface area contributed by atoms with Gasteiger partial charge in [-0.1, -0.05) is 5.16 Å². The van der Waals surface area contributed by atoms with Crippen LogP contribution in [-0.2, 0) is 6.61 Å². The molecule has 3 rings (SSSR count). The van der Waals surface area contributed by atoms with Crippen LogP contribution in [0.1, 0.15) is 40.8 Å². The number of aromatic nitrogens is 2. The molecule has 0 saturated heterocycles. The third-order valence-electron chi connectivity index (χ3n) is 2.94. The first-order chi connectivity index (χ1) is 9.63. The van der Waals surface area contributed by atoms with Crippen molar-refractivity contribution in [1.29, 1.82) is 0 Å². The summed E-state index contributed by atoms with van der Waals surface area (Å²) in [7, 11) is 0. The number of carboxylic acids is 1. The number of halogens is 1. The lowest BCUT2D eigenvalue weighted by Crippen LogP contribution is -2.05. The number of hydrogen-bond acceptors (Lipinski definition) is 5. The molecule has 0 bridgehead atoms. The van der Waals surface area contributed by atoms with Crippen molar-refractivity contribution < 1.29 is 23.6 Å². The molecule has 7 heteroatoms. The average Bonchev–Trinajstić information content (AvgIpc) is 3.17. The van der Waals surface area contributed by atoms with Crippen molar-refractivity contribution in [2.45, 2.75) is 25.4 Å². The summed E-state index contributed by atoms with van der Waals surface area (Å²) in [5.41, 5.74) is -0.240. The maximum absolute atomic E-state index is 13.0. The fourth-order valence-electron chi connectivity index (χ4n) is 1.76. The van der Waals surface area contributed by atoms with Gasteiger partial charge in [-0.3, -0.25) is 0 Å². The van der Waals surface area contributed by atoms with E-state index in [0.29, 0.717) is 17.6 Å². The zero-order valence-corrected chi connectivity index (χ0v) is 10.4. The first-order valence-corrected chi connectivity index (χ1v) is 6.11. The van der Waals surface area contributed by atoms with Gasteiger partial charge in [0.2, 0.25) is 11.7 Å². The summed E-state index contributed by atoms with van der Waals surface area (Å²) >= 11 is 0. The van der Waals surface area contributed by atoms with E-state index in [4.69, 9.17) is 14.4 Å². The lowest BCUT2D eigenvalue weighted by molar-refractivity contribution is 0.0691. The molecule has 1 aliphatic carbocycles. The molecule has 0 aliphatic heterocycles. The number of rotatable bonds is 5. The van der Waals surface area contributed by atoms with E-state index >= 15 is 0 Å². The van der Waals surface area contributed by atoms with E-state index < -0.39 is 11.8 Å². The molecule has 1 aromatic heterocycles. The Hall–Kier alpha value is -2.44. The SMILES string of the molecule is O=C(O)c1cc(F)ccc1OCc1noc(C2CC2)n1. The molecule has 2 aromatic rings. The first kappa shape index (κ1) is 12.6. The molecular formula is C13H11FN2O4. The maximum atomic E-state index is 13.0. The van der Waals surface area contributed by atoms with Gasteiger partial charge in [-0.25, -0.2) is 9.18 Å². The molecule has 1 fully saturated rings. The Balaban J connectivity index is 1.72. The largest absolute Gasteiger partial charge is 0.485 e. The van der Waals surface area contributed by atoms with Crippen molar-refractivity contribution in [2.75, 3.05) is 0 Å². The predicted molar refractivity (Wildman–Crippen MR) is 64.0 cm³/mol. The standard InChI is InChI=1S/C13H11FN2O4/c14-8-3-4-10(9(5-8)13(17)18)19-6-11-15-12(20-16-11)7-1-2-7/h3-5,7H,1-2,6H2,(H,17,18). The third kappa shape index (κ3) is 2.61. The molecule has 1 saturated carbocycles. The summed E-state index contributed by atoms with van der Waals surface area (Å²) in [5, 5.41) is 12.7. The summed E-state index contributed by atoms with van der Waals surface area (Å²) in [6, 6.07) is 3.30. The monoisotopic (exact) mass is 278 g/mol. The zero-order chi connectivity index (χ0) is 14.1. The fourth-order valence-corrected chi connectivity index (χ4v) is 1.76. The van der Waals surface area contributed by atoms with Crippen LogP contribution in [0.2, 0.25) is 0 Å². The second kappa shape index (κ2) is 4.92. The van der Waals surface area contributed by atoms with Crippen molar-refractivity contribution in [3.63, 3.8) is 0 Å². The highest BCUT2D eigenvalue weighted by Crippen LogP contribution is 2.38. The van der Waals surface area contributed by atoms with E-state index in [0.717, 1.165) is 25.0 Å². The van der Waals surface area contributed by atoms with Gasteiger partial charge >= 0.3 is 5.97 Å². The third-order valence-corrected chi connectivity index (χ3v) is 2.94. The van der Waals surface area contributed by atoms with Gasteiger partial charge in [0.05, 0.1) is 0 Å². The van der Waals surface area contributed by atoms with E-state index in [1.165, 1.54) is 6.07 Å². The van der Waals surface area contributed by atoms with E-state index in [2.05, 4.69) is 10.1 Å². The van der Waals surface area contributed by atoms with E-state index in [1.54, 1.807) is 0 Å². The fraction of sp³-hybridized carbons (Fsp3) is 0.308. The smallest absolute Gasteiger partial charge is 0.339 e. The molecule has 0 atom stereocenters. The molecule has 0 amide bonds. The number of benzene rings is 1. The van der Waals surface area contributed by atoms with Gasteiger partial charge in [0.15, 0.2) is 6.61 Å². The van der Waals surface area contributed by atoms with Crippen LogP contribution in [0.4, 0.5) is 4.39 Å². The van der Waals surface area contributed by atoms with Crippen LogP contribution in [0, 0.1) is 5.82 Å². The Labute approximate surface area is 113 Å². The lowest BCUT2D eigenvalue weighted by atomic mass is 10.2. The minimum absolute atomic E-state index is 0.0257. The lowest BCUT2D eigenvalue weighted by Gasteiger charge is -2.06. The number of carboxylic acid groups (broad SMARTS) is 1. The van der Waals surface area contributed by atoms with Crippen molar-refractivity contribution >= 4 is 5.97 Å². The van der Waals surface area contributed by atoms with Gasteiger partial charge in [0.25, 0.3) is 0 Å². The van der Waals surface area contributed by atoms with E-state index in [-0.39, 0.29) is 17.9 Å². The second-order valence-corrected chi connectivity index (χ2v) is 4.56. The Morgan fingerprint density at radius 1 is 1.50 bits per heavy atom. The highest BCUT2D eigenvalue weighted by atomic mass is 19.1. The van der Waals surface area contributed by atoms with Crippen molar-refractivity contribution in [3.05, 3.63) is 41.3 Å². The summed E-state index contributed by atoms with van der Waals surface area (Å²) < 4.78 is 23.4. The molecule has 1 heterocycles. The molecular weight excluding hydrogens is 267 g/mol. The van der Waals surface area contributed by atoms with Crippen molar-refractivity contribution in [2.24, 2.45) is 0 Å². The number of ether oxygens (including phenoxy) is 1. The van der Waals surface area contributed by atoms with Crippen LogP contribution < -0.4 is 4.74 Å². The highest BCUT2D eigenvalue weighted by molar-refractivity contribution is 5.90. The molecule has 104 valence electrons. The van der Waals surface area contributed by atoms with Gasteiger partial charge < -0.3 is 14.4 Å². The van der Waals surface area contributed by atoms with Crippen LogP contribution >= 0.6 is 0 Å². The van der Waals surface area contributed by atoms with Gasteiger partial charge in [-0.2, -0.15) is 4.98 Å². The van der Waals surface area contributed by atoms with Crippen molar-refractivity contribution in [1.82, 2.24) is 10.1 Å². The van der Waals surface area contributed by atoms with Crippen molar-refractivity contribution in [3.8, 4) is 5.75 Å². The van der Waals surface area contributed by atoms with Crippen LogP contribution in [0.25, 0.3) is 0 Å². The maximum Gasteiger partial charge on any atom is 0.339 e. The predicted octanol–water partition coefficient (Wildman–Crippen LogP) is 2.36. The van der Waals surface area contributed by atoms with Crippen LogP contribution in [0.15, 0.2) is 22.7 Å². The second-order valence-electron chi connectivity index (χ2n) is 4.56. The molecule has 0 unspecified atom stereocenters. The molecule has 1 aliphatic rings. The topological polar surface area (TPSA) is 85.5 Å². The van der Waals surface area contributed by atoms with Crippen LogP contribution in [-0.4, -0.2) is 21.2 Å². The first-order valence-electron chi connectivity index (χ1n) is 6.11. The minimum Gasteiger partial charge on any atom is -0.485 e. The highest BCUT2D eigenvalue weighted by Gasteiger charge is 2.29. The van der Waals surface area contributed by atoms with Crippen LogP contribution in [0.3, 0.4) is 0 Å². The summed E-state index contributed by atoms with van der Waals surface area (Å²) in [6.45, 7) is -0.0257. The number of aromatic carboxylic acids is 1. The number of carbonyl (C=O) groups is 1. The molecule has 20 heavy (non-hydrogen) atoms. The Kier molecular flexibility index (Phi) is 3.09. The van der Waals surface area contributed by atoms with E-state index in [9.17, 15) is 9.18 Å². The Bertz CT molecular complexity index is 652. The molecule has 0 spiro atoms. The normalized spacial score (nSPS) is 14.2. The number of nitrogens with zero attached hydrogens (tertiary/aromatic N) is 2. The zero-order valence-electron chi connectivity index (χ0n) is 10.4. The van der Waals surface area contributed by atoms with Gasteiger partial charge in [0.1, 0.15) is 17.1 Å². The van der Waals surface area contributed by atoms with Crippen LogP contribution in [0.5, 0.6) is 5.75 Å². The quantitative estimate of drug-likeness (QED) is 0.903. The molecule has 1 aromatic carbocycles. The molecule has 6 nitrogen and oxygen atoms in total. The number of hydrogen-bond donors (Lipinski definition) is 1.